The summed E-state index contributed by atoms with van der Waals surface area (Å²) < 4.78 is 58.9. The van der Waals surface area contributed by atoms with Crippen molar-refractivity contribution in [2.75, 3.05) is 32.6 Å². The topological polar surface area (TPSA) is 136 Å². The fraction of sp³-hybridized carbons (Fsp3) is 0.415. The third kappa shape index (κ3) is 8.93. The number of alkyl halides is 3. The Morgan fingerprint density at radius 1 is 1.00 bits per heavy atom. The Morgan fingerprint density at radius 2 is 1.72 bits per heavy atom. The lowest BCUT2D eigenvalue weighted by atomic mass is 9.98. The van der Waals surface area contributed by atoms with E-state index in [1.165, 1.54) is 21.1 Å². The largest absolute Gasteiger partial charge is 0.481 e. The van der Waals surface area contributed by atoms with E-state index in [0.717, 1.165) is 17.2 Å². The third-order valence-corrected chi connectivity index (χ3v) is 10.5. The number of hydrogen-bond acceptors (Lipinski definition) is 10. The molecule has 1 aliphatic carbocycles. The maximum Gasteiger partial charge on any atom is 0.419 e. The van der Waals surface area contributed by atoms with Crippen LogP contribution in [0.1, 0.15) is 85.6 Å². The number of piperidine rings is 1. The first-order valence-electron chi connectivity index (χ1n) is 18.5. The van der Waals surface area contributed by atoms with Crippen LogP contribution in [0.5, 0.6) is 11.8 Å². The van der Waals surface area contributed by atoms with Crippen molar-refractivity contribution in [2.24, 2.45) is 0 Å². The number of aromatic nitrogens is 3. The quantitative estimate of drug-likeness (QED) is 0.155. The van der Waals surface area contributed by atoms with Crippen LogP contribution >= 0.6 is 11.6 Å². The summed E-state index contributed by atoms with van der Waals surface area (Å²) in [5.74, 6) is -0.376. The number of carbonyl (C=O) groups is 3. The minimum atomic E-state index is -4.78. The van der Waals surface area contributed by atoms with Crippen LogP contribution < -0.4 is 14.8 Å². The number of carbonyl (C=O) groups excluding carboxylic acids is 3. The van der Waals surface area contributed by atoms with E-state index in [1.54, 1.807) is 34.2 Å². The monoisotopic (exact) mass is 808 g/mol. The molecule has 16 heteroatoms. The lowest BCUT2D eigenvalue weighted by Crippen LogP contribution is -2.49. The number of likely N-dealkylation sites (tertiary alicyclic amines) is 1. The van der Waals surface area contributed by atoms with Crippen molar-refractivity contribution < 1.29 is 41.8 Å². The summed E-state index contributed by atoms with van der Waals surface area (Å²) in [5, 5.41) is 3.27. The summed E-state index contributed by atoms with van der Waals surface area (Å²) in [6, 6.07) is 10.9. The Morgan fingerprint density at radius 3 is 2.35 bits per heavy atom. The van der Waals surface area contributed by atoms with Crippen LogP contribution in [0.25, 0.3) is 22.5 Å². The third-order valence-electron chi connectivity index (χ3n) is 10.1. The second-order valence-corrected chi connectivity index (χ2v) is 15.3. The van der Waals surface area contributed by atoms with Gasteiger partial charge in [0.05, 0.1) is 54.3 Å². The van der Waals surface area contributed by atoms with Gasteiger partial charge in [0, 0.05) is 48.9 Å². The van der Waals surface area contributed by atoms with Crippen molar-refractivity contribution >= 4 is 35.7 Å². The van der Waals surface area contributed by atoms with E-state index in [2.05, 4.69) is 15.3 Å². The van der Waals surface area contributed by atoms with Gasteiger partial charge >= 0.3 is 12.3 Å². The molecule has 1 N–H and O–H groups in total. The molecule has 57 heavy (non-hydrogen) atoms. The molecule has 4 aromatic rings. The van der Waals surface area contributed by atoms with Gasteiger partial charge in [0.2, 0.25) is 17.7 Å². The van der Waals surface area contributed by atoms with Crippen molar-refractivity contribution in [1.82, 2.24) is 24.8 Å². The normalized spacial score (nSPS) is 15.8. The number of pyridine rings is 3. The molecular formula is C41H44ClF3N6O6. The molecule has 1 aromatic carbocycles. The van der Waals surface area contributed by atoms with Crippen LogP contribution in [0, 0.1) is 0 Å². The van der Waals surface area contributed by atoms with Gasteiger partial charge < -0.3 is 29.3 Å². The number of hydrogen-bond donors (Lipinski definition) is 1. The summed E-state index contributed by atoms with van der Waals surface area (Å²) >= 11 is 7.10. The lowest BCUT2D eigenvalue weighted by molar-refractivity contribution is -0.137. The molecule has 3 aromatic heterocycles. The van der Waals surface area contributed by atoms with Gasteiger partial charge in [-0.1, -0.05) is 29.8 Å². The number of nitrogens with zero attached hydrogens (tertiary/aromatic N) is 5. The molecule has 0 saturated carbocycles. The zero-order valence-corrected chi connectivity index (χ0v) is 33.3. The fourth-order valence-electron chi connectivity index (χ4n) is 7.36. The van der Waals surface area contributed by atoms with E-state index in [4.69, 9.17) is 30.8 Å². The van der Waals surface area contributed by atoms with Crippen molar-refractivity contribution in [1.29, 1.82) is 0 Å². The van der Waals surface area contributed by atoms with E-state index in [-0.39, 0.29) is 42.1 Å². The molecule has 1 fully saturated rings. The number of halogens is 4. The molecule has 1 aliphatic heterocycles. The highest BCUT2D eigenvalue weighted by Crippen LogP contribution is 2.44. The van der Waals surface area contributed by atoms with Gasteiger partial charge in [-0.25, -0.2) is 9.78 Å². The first-order chi connectivity index (χ1) is 27.0. The number of benzene rings is 1. The van der Waals surface area contributed by atoms with Crippen molar-refractivity contribution in [3.8, 4) is 34.3 Å². The maximum atomic E-state index is 14.1. The van der Waals surface area contributed by atoms with E-state index >= 15 is 0 Å². The highest BCUT2D eigenvalue weighted by Gasteiger charge is 2.38. The second-order valence-electron chi connectivity index (χ2n) is 14.9. The standard InChI is InChI=1S/C41H44ClF3N6O6/c1-23(53)50-18-15-26(16-19-50)51(39(54)57-40(2,3)4)21-24-10-12-33(48-37(24)55-5)30-14-17-46-35(34(30)42)29-9-7-8-28-27(29)11-13-32(28)47-36-31(41(43,44)45)20-25(22-52)38(49-36)56-6/h7-10,12,14,17,20,22,26,32H,11,13,15-16,18-19,21H2,1-6H3,(H,47,49)/t32-/m0/s1. The summed E-state index contributed by atoms with van der Waals surface area (Å²) in [4.78, 5) is 53.9. The number of amides is 2. The number of rotatable bonds is 10. The second kappa shape index (κ2) is 16.6. The molecule has 6 rings (SSSR count). The molecule has 1 saturated heterocycles. The Kier molecular flexibility index (Phi) is 12.0. The molecular weight excluding hydrogens is 765 g/mol. The average molecular weight is 809 g/mol. The predicted octanol–water partition coefficient (Wildman–Crippen LogP) is 8.55. The highest BCUT2D eigenvalue weighted by molar-refractivity contribution is 6.35. The maximum absolute atomic E-state index is 14.1. The van der Waals surface area contributed by atoms with Gasteiger partial charge in [-0.05, 0) is 81.8 Å². The number of aldehydes is 1. The molecule has 0 bridgehead atoms. The van der Waals surface area contributed by atoms with E-state index < -0.39 is 35.3 Å². The predicted molar refractivity (Wildman–Crippen MR) is 207 cm³/mol. The molecule has 2 amide bonds. The molecule has 302 valence electrons. The molecule has 4 heterocycles. The summed E-state index contributed by atoms with van der Waals surface area (Å²) in [5.41, 5.74) is 2.41. The Balaban J connectivity index is 1.29. The Hall–Kier alpha value is -5.44. The molecule has 0 unspecified atom stereocenters. The number of anilines is 1. The molecule has 2 aliphatic rings. The molecule has 0 radical (unpaired) electrons. The van der Waals surface area contributed by atoms with Gasteiger partial charge in [-0.15, -0.1) is 0 Å². The molecule has 1 atom stereocenters. The van der Waals surface area contributed by atoms with Crippen LogP contribution in [-0.2, 0) is 28.7 Å². The van der Waals surface area contributed by atoms with Crippen LogP contribution in [0.2, 0.25) is 5.02 Å². The van der Waals surface area contributed by atoms with Gasteiger partial charge in [0.1, 0.15) is 11.4 Å². The summed E-state index contributed by atoms with van der Waals surface area (Å²) in [6.07, 6.45) is -1.21. The first kappa shape index (κ1) is 41.2. The minimum absolute atomic E-state index is 0.00436. The number of fused-ring (bicyclic) bond motifs is 1. The zero-order chi connectivity index (χ0) is 41.2. The first-order valence-corrected chi connectivity index (χ1v) is 18.8. The number of ether oxygens (including phenoxy) is 3. The SMILES string of the molecule is COc1nc(N[C@H]2CCc3c(-c4nccc(-c5ccc(CN(C(=O)OC(C)(C)C)C6CCN(C(C)=O)CC6)c(OC)n5)c4Cl)cccc32)c(C(F)(F)F)cc1C=O. The van der Waals surface area contributed by atoms with Gasteiger partial charge in [-0.3, -0.25) is 14.6 Å². The van der Waals surface area contributed by atoms with Crippen molar-refractivity contribution in [3.05, 3.63) is 81.5 Å². The number of methoxy groups -OCH3 is 2. The summed E-state index contributed by atoms with van der Waals surface area (Å²) in [6.45, 7) is 8.18. The van der Waals surface area contributed by atoms with Crippen LogP contribution in [0.3, 0.4) is 0 Å². The van der Waals surface area contributed by atoms with Crippen molar-refractivity contribution in [2.45, 2.75) is 83.8 Å². The smallest absolute Gasteiger partial charge is 0.419 e. The van der Waals surface area contributed by atoms with Crippen molar-refractivity contribution in [3.63, 3.8) is 0 Å². The lowest BCUT2D eigenvalue weighted by Gasteiger charge is -2.39. The number of nitrogens with one attached hydrogen (secondary N) is 1. The van der Waals surface area contributed by atoms with Gasteiger partial charge in [-0.2, -0.15) is 18.2 Å². The van der Waals surface area contributed by atoms with Crippen LogP contribution in [0.4, 0.5) is 23.8 Å². The fourth-order valence-corrected chi connectivity index (χ4v) is 7.67. The van der Waals surface area contributed by atoms with Crippen LogP contribution in [-0.4, -0.2) is 82.0 Å². The molecule has 0 spiro atoms. The zero-order valence-electron chi connectivity index (χ0n) is 32.5. The van der Waals surface area contributed by atoms with Crippen LogP contribution in [0.15, 0.2) is 48.7 Å². The van der Waals surface area contributed by atoms with E-state index in [0.29, 0.717) is 71.9 Å². The van der Waals surface area contributed by atoms with E-state index in [1.807, 2.05) is 39.0 Å². The van der Waals surface area contributed by atoms with E-state index in [9.17, 15) is 27.6 Å². The van der Waals surface area contributed by atoms with Gasteiger partial charge in [0.25, 0.3) is 0 Å². The summed E-state index contributed by atoms with van der Waals surface area (Å²) in [7, 11) is 2.73. The Labute approximate surface area is 333 Å². The molecule has 12 nitrogen and oxygen atoms in total. The highest BCUT2D eigenvalue weighted by atomic mass is 35.5. The Bertz CT molecular complexity index is 2170. The van der Waals surface area contributed by atoms with Gasteiger partial charge in [0.15, 0.2) is 6.29 Å². The minimum Gasteiger partial charge on any atom is -0.481 e. The average Bonchev–Trinajstić information content (AvgIpc) is 3.58.